The van der Waals surface area contributed by atoms with Gasteiger partial charge in [0.15, 0.2) is 0 Å². The number of nitro benzene ring substituents is 1. The Hall–Kier alpha value is -4.73. The maximum atomic E-state index is 13.3. The Balaban J connectivity index is 1.76. The van der Waals surface area contributed by atoms with Gasteiger partial charge in [-0.05, 0) is 65.4 Å². The Morgan fingerprint density at radius 3 is 1.91 bits per heavy atom. The maximum Gasteiger partial charge on any atom is 0.270 e. The molecular formula is C35H38N2O7. The van der Waals surface area contributed by atoms with Crippen LogP contribution in [0, 0.1) is 10.1 Å². The number of methoxy groups -OCH3 is 2. The van der Waals surface area contributed by atoms with Crippen molar-refractivity contribution in [3.05, 3.63) is 135 Å². The average Bonchev–Trinajstić information content (AvgIpc) is 3.07. The van der Waals surface area contributed by atoms with Gasteiger partial charge in [-0.15, -0.1) is 0 Å². The third-order valence-electron chi connectivity index (χ3n) is 7.54. The van der Waals surface area contributed by atoms with Crippen molar-refractivity contribution < 1.29 is 29.0 Å². The Morgan fingerprint density at radius 2 is 1.36 bits per heavy atom. The molecule has 2 N–H and O–H groups in total. The minimum atomic E-state index is -1.12. The molecule has 230 valence electrons. The summed E-state index contributed by atoms with van der Waals surface area (Å²) in [6, 6.07) is 29.2. The van der Waals surface area contributed by atoms with Gasteiger partial charge in [0.05, 0.1) is 31.3 Å². The summed E-state index contributed by atoms with van der Waals surface area (Å²) in [7, 11) is 3.21. The van der Waals surface area contributed by atoms with E-state index in [2.05, 4.69) is 5.32 Å². The van der Waals surface area contributed by atoms with Crippen LogP contribution in [0.15, 0.2) is 97.1 Å². The van der Waals surface area contributed by atoms with E-state index in [0.717, 1.165) is 36.0 Å². The van der Waals surface area contributed by atoms with Gasteiger partial charge in [-0.25, -0.2) is 0 Å². The maximum absolute atomic E-state index is 13.3. The zero-order chi connectivity index (χ0) is 31.4. The number of ether oxygens (including phenoxy) is 3. The van der Waals surface area contributed by atoms with Gasteiger partial charge in [0.2, 0.25) is 0 Å². The number of carbonyl (C=O) groups excluding carboxylic acids is 1. The van der Waals surface area contributed by atoms with E-state index < -0.39 is 16.4 Å². The van der Waals surface area contributed by atoms with Crippen molar-refractivity contribution in [2.75, 3.05) is 27.4 Å². The number of rotatable bonds is 16. The van der Waals surface area contributed by atoms with Crippen LogP contribution in [0.25, 0.3) is 0 Å². The second-order valence-corrected chi connectivity index (χ2v) is 10.3. The normalized spacial score (nSPS) is 11.2. The van der Waals surface area contributed by atoms with Gasteiger partial charge in [0.1, 0.15) is 17.1 Å². The molecule has 0 saturated carbocycles. The largest absolute Gasteiger partial charge is 0.497 e. The van der Waals surface area contributed by atoms with Gasteiger partial charge in [0, 0.05) is 25.3 Å². The molecule has 0 radical (unpaired) electrons. The average molecular weight is 599 g/mol. The molecule has 0 bridgehead atoms. The molecule has 0 aromatic heterocycles. The zero-order valence-electron chi connectivity index (χ0n) is 25.0. The van der Waals surface area contributed by atoms with E-state index in [-0.39, 0.29) is 24.5 Å². The fourth-order valence-corrected chi connectivity index (χ4v) is 5.16. The monoisotopic (exact) mass is 598 g/mol. The van der Waals surface area contributed by atoms with Crippen molar-refractivity contribution in [1.82, 2.24) is 5.32 Å². The summed E-state index contributed by atoms with van der Waals surface area (Å²) in [5.74, 6) is 0.973. The van der Waals surface area contributed by atoms with E-state index in [1.807, 2.05) is 78.9 Å². The number of hydrogen-bond donors (Lipinski definition) is 2. The molecule has 9 heteroatoms. The number of hydrogen-bond acceptors (Lipinski definition) is 7. The molecule has 0 aliphatic heterocycles. The number of unbranched alkanes of at least 4 members (excludes halogenated alkanes) is 3. The lowest BCUT2D eigenvalue weighted by molar-refractivity contribution is -0.384. The van der Waals surface area contributed by atoms with Gasteiger partial charge < -0.3 is 24.6 Å². The summed E-state index contributed by atoms with van der Waals surface area (Å²) >= 11 is 0. The number of nitrogens with one attached hydrogen (secondary N) is 1. The quantitative estimate of drug-likeness (QED) is 0.0662. The Labute approximate surface area is 257 Å². The minimum Gasteiger partial charge on any atom is -0.497 e. The van der Waals surface area contributed by atoms with Gasteiger partial charge in [-0.3, -0.25) is 14.9 Å². The standard InChI is InChI=1S/C35H38N2O7/c1-42-31-18-13-28(14-19-31)35(27-10-6-5-7-11-27,29-15-20-32(43-2)21-16-29)44-25-26-12-17-30(37(40)41)24-33(26)34(39)36-22-8-3-4-9-23-38/h5-7,10-21,24,38H,3-4,8-9,22-23,25H2,1-2H3,(H,36,39). The molecule has 44 heavy (non-hydrogen) atoms. The van der Waals surface area contributed by atoms with E-state index in [1.165, 1.54) is 12.1 Å². The Bertz CT molecular complexity index is 1460. The van der Waals surface area contributed by atoms with Crippen molar-refractivity contribution >= 4 is 11.6 Å². The highest BCUT2D eigenvalue weighted by atomic mass is 16.6. The summed E-state index contributed by atoms with van der Waals surface area (Å²) < 4.78 is 17.8. The third-order valence-corrected chi connectivity index (χ3v) is 7.54. The predicted octanol–water partition coefficient (Wildman–Crippen LogP) is 6.40. The molecule has 4 rings (SSSR count). The van der Waals surface area contributed by atoms with Crippen LogP contribution in [-0.4, -0.2) is 43.3 Å². The molecule has 0 aliphatic carbocycles. The number of aliphatic hydroxyl groups is 1. The second kappa shape index (κ2) is 15.7. The summed E-state index contributed by atoms with van der Waals surface area (Å²) in [5, 5.41) is 23.5. The summed E-state index contributed by atoms with van der Waals surface area (Å²) in [6.45, 7) is 0.532. The molecule has 0 unspecified atom stereocenters. The summed E-state index contributed by atoms with van der Waals surface area (Å²) in [6.07, 6.45) is 3.17. The van der Waals surface area contributed by atoms with Crippen LogP contribution < -0.4 is 14.8 Å². The highest BCUT2D eigenvalue weighted by Crippen LogP contribution is 2.42. The molecule has 0 spiro atoms. The molecule has 0 heterocycles. The van der Waals surface area contributed by atoms with E-state index in [1.54, 1.807) is 20.3 Å². The lowest BCUT2D eigenvalue weighted by Crippen LogP contribution is -2.33. The first-order chi connectivity index (χ1) is 21.4. The van der Waals surface area contributed by atoms with E-state index in [4.69, 9.17) is 19.3 Å². The van der Waals surface area contributed by atoms with Crippen molar-refractivity contribution in [3.8, 4) is 11.5 Å². The predicted molar refractivity (Wildman–Crippen MR) is 168 cm³/mol. The number of carbonyl (C=O) groups is 1. The van der Waals surface area contributed by atoms with Crippen molar-refractivity contribution in [1.29, 1.82) is 0 Å². The fourth-order valence-electron chi connectivity index (χ4n) is 5.16. The van der Waals surface area contributed by atoms with Crippen LogP contribution in [0.4, 0.5) is 5.69 Å². The highest BCUT2D eigenvalue weighted by molar-refractivity contribution is 5.96. The van der Waals surface area contributed by atoms with Crippen LogP contribution in [0.3, 0.4) is 0 Å². The van der Waals surface area contributed by atoms with Crippen molar-refractivity contribution in [2.45, 2.75) is 37.9 Å². The lowest BCUT2D eigenvalue weighted by Gasteiger charge is -2.36. The molecule has 4 aromatic rings. The van der Waals surface area contributed by atoms with E-state index >= 15 is 0 Å². The first-order valence-electron chi connectivity index (χ1n) is 14.6. The molecular weight excluding hydrogens is 560 g/mol. The highest BCUT2D eigenvalue weighted by Gasteiger charge is 2.38. The Morgan fingerprint density at radius 1 is 0.795 bits per heavy atom. The number of nitro groups is 1. The SMILES string of the molecule is COc1ccc(C(OCc2ccc([N+](=O)[O-])cc2C(=O)NCCCCCCO)(c2ccccc2)c2ccc(OC)cc2)cc1. The van der Waals surface area contributed by atoms with Gasteiger partial charge >= 0.3 is 0 Å². The number of nitrogens with zero attached hydrogens (tertiary/aromatic N) is 1. The number of amides is 1. The first-order valence-corrected chi connectivity index (χ1v) is 14.6. The summed E-state index contributed by atoms with van der Waals surface area (Å²) in [5.41, 5.74) is 1.89. The van der Waals surface area contributed by atoms with Crippen molar-refractivity contribution in [3.63, 3.8) is 0 Å². The smallest absolute Gasteiger partial charge is 0.270 e. The summed E-state index contributed by atoms with van der Waals surface area (Å²) in [4.78, 5) is 24.5. The molecule has 4 aromatic carbocycles. The number of benzene rings is 4. The van der Waals surface area contributed by atoms with Crippen LogP contribution in [0.1, 0.15) is 58.3 Å². The number of non-ortho nitro benzene ring substituents is 1. The fraction of sp³-hybridized carbons (Fsp3) is 0.286. The minimum absolute atomic E-state index is 0.0236. The molecule has 1 amide bonds. The first kappa shape index (κ1) is 32.2. The van der Waals surface area contributed by atoms with Crippen LogP contribution in [0.5, 0.6) is 11.5 Å². The molecule has 0 aliphatic rings. The van der Waals surface area contributed by atoms with Gasteiger partial charge in [0.25, 0.3) is 11.6 Å². The van der Waals surface area contributed by atoms with Crippen LogP contribution in [-0.2, 0) is 16.9 Å². The third kappa shape index (κ3) is 7.61. The van der Waals surface area contributed by atoms with Gasteiger partial charge in [-0.1, -0.05) is 67.4 Å². The Kier molecular flexibility index (Phi) is 11.5. The van der Waals surface area contributed by atoms with E-state index in [0.29, 0.717) is 30.0 Å². The van der Waals surface area contributed by atoms with Crippen LogP contribution >= 0.6 is 0 Å². The van der Waals surface area contributed by atoms with Gasteiger partial charge in [-0.2, -0.15) is 0 Å². The number of aliphatic hydroxyl groups excluding tert-OH is 1. The molecule has 0 atom stereocenters. The lowest BCUT2D eigenvalue weighted by atomic mass is 9.80. The second-order valence-electron chi connectivity index (χ2n) is 10.3. The van der Waals surface area contributed by atoms with E-state index in [9.17, 15) is 14.9 Å². The molecule has 9 nitrogen and oxygen atoms in total. The van der Waals surface area contributed by atoms with Crippen LogP contribution in [0.2, 0.25) is 0 Å². The topological polar surface area (TPSA) is 120 Å². The molecule has 0 fully saturated rings. The zero-order valence-corrected chi connectivity index (χ0v) is 25.0. The van der Waals surface area contributed by atoms with Crippen molar-refractivity contribution in [2.24, 2.45) is 0 Å². The molecule has 0 saturated heterocycles.